The van der Waals surface area contributed by atoms with Crippen molar-refractivity contribution in [2.75, 3.05) is 27.2 Å². The molecule has 140 valence electrons. The summed E-state index contributed by atoms with van der Waals surface area (Å²) in [5, 5.41) is 14.8. The largest absolute Gasteiger partial charge is 0.385 e. The van der Waals surface area contributed by atoms with Crippen LogP contribution in [0, 0.1) is 5.41 Å². The fourth-order valence-electron chi connectivity index (χ4n) is 3.72. The van der Waals surface area contributed by atoms with E-state index in [1.54, 1.807) is 12.5 Å². The van der Waals surface area contributed by atoms with Crippen LogP contribution < -0.4 is 0 Å². The maximum Gasteiger partial charge on any atom is 0.231 e. The number of aliphatic hydroxyl groups is 1. The van der Waals surface area contributed by atoms with E-state index in [1.807, 2.05) is 45.4 Å². The molecule has 1 unspecified atom stereocenters. The lowest BCUT2D eigenvalue weighted by molar-refractivity contribution is -0.139. The maximum absolute atomic E-state index is 13.1. The third kappa shape index (κ3) is 3.26. The summed E-state index contributed by atoms with van der Waals surface area (Å²) >= 11 is 0. The van der Waals surface area contributed by atoms with Gasteiger partial charge >= 0.3 is 0 Å². The normalized spacial score (nSPS) is 19.5. The number of imidazole rings is 1. The van der Waals surface area contributed by atoms with Gasteiger partial charge in [-0.25, -0.2) is 4.98 Å². The molecule has 1 atom stereocenters. The highest BCUT2D eigenvalue weighted by Gasteiger charge is 2.52. The molecule has 3 heterocycles. The van der Waals surface area contributed by atoms with Crippen molar-refractivity contribution in [3.8, 4) is 0 Å². The van der Waals surface area contributed by atoms with Crippen molar-refractivity contribution in [1.82, 2.24) is 29.1 Å². The van der Waals surface area contributed by atoms with Crippen LogP contribution in [-0.2, 0) is 24.4 Å². The van der Waals surface area contributed by atoms with E-state index in [0.29, 0.717) is 38.4 Å². The lowest BCUT2D eigenvalue weighted by Gasteiger charge is -2.31. The van der Waals surface area contributed by atoms with Crippen molar-refractivity contribution in [2.24, 2.45) is 5.41 Å². The SMILES string of the molecule is CN(C)CC(O)c1cc2n(n1)CCN(C(=O)C1(Cn3ccnc3)CC1)C2. The number of likely N-dealkylation sites (N-methyl/N-ethyl adjacent to an activating group) is 1. The van der Waals surface area contributed by atoms with Gasteiger partial charge in [-0.05, 0) is 33.0 Å². The van der Waals surface area contributed by atoms with Gasteiger partial charge in [0.15, 0.2) is 0 Å². The zero-order valence-electron chi connectivity index (χ0n) is 15.4. The van der Waals surface area contributed by atoms with Gasteiger partial charge in [-0.1, -0.05) is 0 Å². The van der Waals surface area contributed by atoms with Crippen LogP contribution in [0.5, 0.6) is 0 Å². The molecule has 8 heteroatoms. The van der Waals surface area contributed by atoms with Crippen molar-refractivity contribution in [1.29, 1.82) is 0 Å². The molecule has 2 aromatic heterocycles. The molecular weight excluding hydrogens is 332 g/mol. The molecule has 1 aliphatic heterocycles. The average molecular weight is 358 g/mol. The Morgan fingerprint density at radius 1 is 1.38 bits per heavy atom. The predicted octanol–water partition coefficient (Wildman–Crippen LogP) is 0.497. The average Bonchev–Trinajstić information content (AvgIpc) is 3.02. The fraction of sp³-hybridized carbons (Fsp3) is 0.611. The fourth-order valence-corrected chi connectivity index (χ4v) is 3.72. The van der Waals surface area contributed by atoms with Crippen molar-refractivity contribution < 1.29 is 9.90 Å². The van der Waals surface area contributed by atoms with Crippen LogP contribution in [0.25, 0.3) is 0 Å². The Kier molecular flexibility index (Phi) is 4.32. The minimum atomic E-state index is -0.608. The number of aromatic nitrogens is 4. The molecule has 4 rings (SSSR count). The molecule has 0 radical (unpaired) electrons. The van der Waals surface area contributed by atoms with E-state index in [9.17, 15) is 9.90 Å². The molecule has 8 nitrogen and oxygen atoms in total. The molecule has 0 bridgehead atoms. The quantitative estimate of drug-likeness (QED) is 0.813. The topological polar surface area (TPSA) is 79.4 Å². The highest BCUT2D eigenvalue weighted by molar-refractivity contribution is 5.85. The molecule has 26 heavy (non-hydrogen) atoms. The van der Waals surface area contributed by atoms with Gasteiger partial charge in [0.2, 0.25) is 5.91 Å². The summed E-state index contributed by atoms with van der Waals surface area (Å²) in [6, 6.07) is 1.93. The first-order chi connectivity index (χ1) is 12.5. The van der Waals surface area contributed by atoms with Gasteiger partial charge in [0.1, 0.15) is 6.10 Å². The molecule has 1 fully saturated rings. The molecule has 1 N–H and O–H groups in total. The van der Waals surface area contributed by atoms with Gasteiger partial charge in [-0.2, -0.15) is 5.10 Å². The second kappa shape index (κ2) is 6.51. The molecule has 0 spiro atoms. The summed E-state index contributed by atoms with van der Waals surface area (Å²) < 4.78 is 3.92. The number of nitrogens with zero attached hydrogens (tertiary/aromatic N) is 6. The van der Waals surface area contributed by atoms with E-state index in [1.165, 1.54) is 0 Å². The Morgan fingerprint density at radius 2 is 2.19 bits per heavy atom. The number of hydrogen-bond acceptors (Lipinski definition) is 5. The molecule has 1 saturated carbocycles. The van der Waals surface area contributed by atoms with Crippen LogP contribution in [0.3, 0.4) is 0 Å². The van der Waals surface area contributed by atoms with Crippen LogP contribution in [0.4, 0.5) is 0 Å². The lowest BCUT2D eigenvalue weighted by Crippen LogP contribution is -2.43. The number of aliphatic hydroxyl groups excluding tert-OH is 1. The Hall–Kier alpha value is -2.19. The van der Waals surface area contributed by atoms with Gasteiger partial charge in [0.25, 0.3) is 0 Å². The summed E-state index contributed by atoms with van der Waals surface area (Å²) in [4.78, 5) is 21.1. The van der Waals surface area contributed by atoms with Crippen molar-refractivity contribution >= 4 is 5.91 Å². The molecule has 2 aromatic rings. The third-order valence-corrected chi connectivity index (χ3v) is 5.34. The van der Waals surface area contributed by atoms with Crippen LogP contribution >= 0.6 is 0 Å². The maximum atomic E-state index is 13.1. The molecule has 0 aromatic carbocycles. The van der Waals surface area contributed by atoms with Gasteiger partial charge in [0, 0.05) is 32.0 Å². The molecular formula is C18H26N6O2. The number of hydrogen-bond donors (Lipinski definition) is 1. The first-order valence-electron chi connectivity index (χ1n) is 9.11. The first kappa shape index (κ1) is 17.2. The zero-order valence-corrected chi connectivity index (χ0v) is 15.4. The van der Waals surface area contributed by atoms with E-state index in [2.05, 4.69) is 10.1 Å². The zero-order chi connectivity index (χ0) is 18.3. The molecule has 0 saturated heterocycles. The van der Waals surface area contributed by atoms with E-state index >= 15 is 0 Å². The summed E-state index contributed by atoms with van der Waals surface area (Å²) in [7, 11) is 3.85. The number of fused-ring (bicyclic) bond motifs is 1. The van der Waals surface area contributed by atoms with Crippen LogP contribution in [0.15, 0.2) is 24.8 Å². The van der Waals surface area contributed by atoms with Crippen LogP contribution in [0.2, 0.25) is 0 Å². The standard InChI is InChI=1S/C18H26N6O2/c1-21(2)11-16(25)15-9-14-10-23(7-8-24(14)20-15)17(26)18(3-4-18)12-22-6-5-19-13-22/h5-6,9,13,16,25H,3-4,7-8,10-12H2,1-2H3. The van der Waals surface area contributed by atoms with Crippen molar-refractivity contribution in [3.63, 3.8) is 0 Å². The van der Waals surface area contributed by atoms with Crippen molar-refractivity contribution in [3.05, 3.63) is 36.2 Å². The first-order valence-corrected chi connectivity index (χ1v) is 9.11. The van der Waals surface area contributed by atoms with Crippen LogP contribution in [-0.4, -0.2) is 67.3 Å². The van der Waals surface area contributed by atoms with Crippen LogP contribution in [0.1, 0.15) is 30.3 Å². The van der Waals surface area contributed by atoms with Crippen molar-refractivity contribution in [2.45, 2.75) is 38.6 Å². The van der Waals surface area contributed by atoms with Gasteiger partial charge in [0.05, 0.1) is 36.2 Å². The second-order valence-electron chi connectivity index (χ2n) is 7.80. The number of carbonyl (C=O) groups is 1. The van der Waals surface area contributed by atoms with E-state index in [0.717, 1.165) is 18.5 Å². The van der Waals surface area contributed by atoms with Gasteiger partial charge in [-0.15, -0.1) is 0 Å². The van der Waals surface area contributed by atoms with Gasteiger partial charge < -0.3 is 19.5 Å². The summed E-state index contributed by atoms with van der Waals surface area (Å²) in [6.07, 6.45) is 6.71. The second-order valence-corrected chi connectivity index (χ2v) is 7.80. The molecule has 1 aliphatic carbocycles. The third-order valence-electron chi connectivity index (χ3n) is 5.34. The predicted molar refractivity (Wildman–Crippen MR) is 95.1 cm³/mol. The number of rotatable bonds is 6. The molecule has 2 aliphatic rings. The summed E-state index contributed by atoms with van der Waals surface area (Å²) in [5.41, 5.74) is 1.41. The lowest BCUT2D eigenvalue weighted by atomic mass is 10.0. The Balaban J connectivity index is 1.45. The monoisotopic (exact) mass is 358 g/mol. The Morgan fingerprint density at radius 3 is 2.85 bits per heavy atom. The highest BCUT2D eigenvalue weighted by Crippen LogP contribution is 2.49. The summed E-state index contributed by atoms with van der Waals surface area (Å²) in [6.45, 7) is 3.15. The smallest absolute Gasteiger partial charge is 0.231 e. The van der Waals surface area contributed by atoms with E-state index in [-0.39, 0.29) is 11.3 Å². The minimum absolute atomic E-state index is 0.231. The van der Waals surface area contributed by atoms with E-state index in [4.69, 9.17) is 0 Å². The van der Waals surface area contributed by atoms with E-state index < -0.39 is 6.10 Å². The Labute approximate surface area is 153 Å². The highest BCUT2D eigenvalue weighted by atomic mass is 16.3. The number of carbonyl (C=O) groups excluding carboxylic acids is 1. The van der Waals surface area contributed by atoms with Gasteiger partial charge in [-0.3, -0.25) is 9.48 Å². The summed E-state index contributed by atoms with van der Waals surface area (Å²) in [5.74, 6) is 0.231. The molecule has 1 amide bonds. The minimum Gasteiger partial charge on any atom is -0.385 e. The number of amides is 1. The Bertz CT molecular complexity index is 778.